The molecule has 0 saturated heterocycles. The van der Waals surface area contributed by atoms with Crippen LogP contribution in [0.3, 0.4) is 0 Å². The lowest BCUT2D eigenvalue weighted by Gasteiger charge is -2.31. The number of hydrogen-bond acceptors (Lipinski definition) is 2. The first kappa shape index (κ1) is 22.7. The van der Waals surface area contributed by atoms with Crippen molar-refractivity contribution in [3.05, 3.63) is 59.9 Å². The zero-order valence-corrected chi connectivity index (χ0v) is 18.3. The molecular formula is C24H35N3O2. The Kier molecular flexibility index (Phi) is 8.97. The van der Waals surface area contributed by atoms with E-state index in [2.05, 4.69) is 13.8 Å². The van der Waals surface area contributed by atoms with E-state index in [0.717, 1.165) is 30.5 Å². The highest BCUT2D eigenvalue weighted by atomic mass is 16.2. The Morgan fingerprint density at radius 2 is 1.72 bits per heavy atom. The molecule has 1 aromatic carbocycles. The Bertz CT molecular complexity index is 769. The van der Waals surface area contributed by atoms with Gasteiger partial charge in [-0.05, 0) is 37.5 Å². The predicted octanol–water partition coefficient (Wildman–Crippen LogP) is 4.37. The minimum Gasteiger partial charge on any atom is -0.353 e. The van der Waals surface area contributed by atoms with Gasteiger partial charge in [0, 0.05) is 37.9 Å². The molecule has 0 fully saturated rings. The van der Waals surface area contributed by atoms with Gasteiger partial charge >= 0.3 is 0 Å². The summed E-state index contributed by atoms with van der Waals surface area (Å²) in [7, 11) is 1.99. The van der Waals surface area contributed by atoms with Crippen LogP contribution in [0.15, 0.2) is 48.7 Å². The van der Waals surface area contributed by atoms with Crippen molar-refractivity contribution in [2.24, 2.45) is 7.05 Å². The Hall–Kier alpha value is -2.56. The summed E-state index contributed by atoms with van der Waals surface area (Å²) in [6.45, 7) is 7.34. The maximum Gasteiger partial charge on any atom is 0.242 e. The Morgan fingerprint density at radius 1 is 1.00 bits per heavy atom. The van der Waals surface area contributed by atoms with Gasteiger partial charge in [-0.2, -0.15) is 0 Å². The summed E-state index contributed by atoms with van der Waals surface area (Å²) in [5, 5.41) is 0. The van der Waals surface area contributed by atoms with Gasteiger partial charge in [-0.15, -0.1) is 0 Å². The monoisotopic (exact) mass is 397 g/mol. The molecule has 0 radical (unpaired) electrons. The van der Waals surface area contributed by atoms with Crippen LogP contribution in [0.25, 0.3) is 0 Å². The third-order valence-corrected chi connectivity index (χ3v) is 5.47. The number of benzene rings is 1. The molecule has 2 rings (SSSR count). The van der Waals surface area contributed by atoms with Crippen molar-refractivity contribution in [3.63, 3.8) is 0 Å². The van der Waals surface area contributed by atoms with Crippen LogP contribution in [0, 0.1) is 0 Å². The lowest BCUT2D eigenvalue weighted by Crippen LogP contribution is -2.46. The maximum atomic E-state index is 13.3. The Balaban J connectivity index is 2.19. The van der Waals surface area contributed by atoms with E-state index in [1.165, 1.54) is 0 Å². The molecule has 1 atom stereocenters. The molecular weight excluding hydrogens is 362 g/mol. The summed E-state index contributed by atoms with van der Waals surface area (Å²) in [5.74, 6) is 0.0632. The number of aromatic nitrogens is 1. The molecule has 0 aliphatic rings. The molecule has 0 bridgehead atoms. The standard InChI is InChI=1S/C24H35N3O2/c1-5-7-15-23(28)27(20(3)6-2)19-24(29)26(17-21-12-9-8-10-13-21)18-22-14-11-16-25(22)4/h8-14,16,20H,5-7,15,17-19H2,1-4H3/t20-/m0/s1. The third kappa shape index (κ3) is 6.77. The average Bonchev–Trinajstić information content (AvgIpc) is 3.14. The van der Waals surface area contributed by atoms with Crippen molar-refractivity contribution in [1.29, 1.82) is 0 Å². The number of unbranched alkanes of at least 4 members (excludes halogenated alkanes) is 1. The number of nitrogens with zero attached hydrogens (tertiary/aromatic N) is 3. The quantitative estimate of drug-likeness (QED) is 0.565. The van der Waals surface area contributed by atoms with Crippen molar-refractivity contribution in [3.8, 4) is 0 Å². The normalized spacial score (nSPS) is 11.9. The lowest BCUT2D eigenvalue weighted by molar-refractivity contribution is -0.143. The molecule has 0 N–H and O–H groups in total. The fourth-order valence-corrected chi connectivity index (χ4v) is 3.32. The van der Waals surface area contributed by atoms with Crippen LogP contribution >= 0.6 is 0 Å². The van der Waals surface area contributed by atoms with Crippen LogP contribution in [-0.4, -0.2) is 38.8 Å². The fourth-order valence-electron chi connectivity index (χ4n) is 3.32. The number of aryl methyl sites for hydroxylation is 1. The highest BCUT2D eigenvalue weighted by Gasteiger charge is 2.25. The summed E-state index contributed by atoms with van der Waals surface area (Å²) in [6, 6.07) is 14.1. The molecule has 5 nitrogen and oxygen atoms in total. The van der Waals surface area contributed by atoms with Gasteiger partial charge in [0.1, 0.15) is 6.54 Å². The van der Waals surface area contributed by atoms with Crippen LogP contribution in [0.2, 0.25) is 0 Å². The number of rotatable bonds is 11. The summed E-state index contributed by atoms with van der Waals surface area (Å²) < 4.78 is 2.03. The first-order valence-corrected chi connectivity index (χ1v) is 10.7. The van der Waals surface area contributed by atoms with E-state index >= 15 is 0 Å². The van der Waals surface area contributed by atoms with Gasteiger partial charge in [0.2, 0.25) is 11.8 Å². The van der Waals surface area contributed by atoms with Crippen LogP contribution < -0.4 is 0 Å². The van der Waals surface area contributed by atoms with Crippen LogP contribution in [0.1, 0.15) is 57.7 Å². The van der Waals surface area contributed by atoms with Crippen LogP contribution in [0.5, 0.6) is 0 Å². The van der Waals surface area contributed by atoms with Gasteiger partial charge in [0.05, 0.1) is 6.54 Å². The summed E-state index contributed by atoms with van der Waals surface area (Å²) in [5.41, 5.74) is 2.16. The summed E-state index contributed by atoms with van der Waals surface area (Å²) >= 11 is 0. The molecule has 0 saturated carbocycles. The van der Waals surface area contributed by atoms with Gasteiger partial charge in [0.25, 0.3) is 0 Å². The van der Waals surface area contributed by atoms with Gasteiger partial charge in [-0.25, -0.2) is 0 Å². The lowest BCUT2D eigenvalue weighted by atomic mass is 10.1. The summed E-state index contributed by atoms with van der Waals surface area (Å²) in [4.78, 5) is 29.7. The SMILES string of the molecule is CCCCC(=O)N(CC(=O)N(Cc1ccccc1)Cc1cccn1C)[C@@H](C)CC. The second kappa shape index (κ2) is 11.4. The topological polar surface area (TPSA) is 45.6 Å². The van der Waals surface area contributed by atoms with Gasteiger partial charge in [-0.1, -0.05) is 50.6 Å². The predicted molar refractivity (Wildman–Crippen MR) is 117 cm³/mol. The van der Waals surface area contributed by atoms with Gasteiger partial charge in [0.15, 0.2) is 0 Å². The molecule has 0 aliphatic carbocycles. The van der Waals surface area contributed by atoms with E-state index in [9.17, 15) is 9.59 Å². The maximum absolute atomic E-state index is 13.3. The molecule has 29 heavy (non-hydrogen) atoms. The first-order chi connectivity index (χ1) is 14.0. The minimum absolute atomic E-state index is 0.0137. The van der Waals surface area contributed by atoms with E-state index in [1.54, 1.807) is 4.90 Å². The van der Waals surface area contributed by atoms with Crippen LogP contribution in [0.4, 0.5) is 0 Å². The molecule has 2 amide bonds. The smallest absolute Gasteiger partial charge is 0.242 e. The van der Waals surface area contributed by atoms with E-state index in [4.69, 9.17) is 0 Å². The third-order valence-electron chi connectivity index (χ3n) is 5.47. The molecule has 1 heterocycles. The average molecular weight is 398 g/mol. The van der Waals surface area contributed by atoms with E-state index in [0.29, 0.717) is 19.5 Å². The molecule has 2 aromatic rings. The second-order valence-electron chi connectivity index (χ2n) is 7.73. The van der Waals surface area contributed by atoms with E-state index < -0.39 is 0 Å². The van der Waals surface area contributed by atoms with Crippen molar-refractivity contribution in [1.82, 2.24) is 14.4 Å². The number of amides is 2. The van der Waals surface area contributed by atoms with Gasteiger partial charge in [-0.3, -0.25) is 9.59 Å². The van der Waals surface area contributed by atoms with E-state index in [1.807, 2.05) is 72.1 Å². The van der Waals surface area contributed by atoms with E-state index in [-0.39, 0.29) is 24.4 Å². The highest BCUT2D eigenvalue weighted by molar-refractivity contribution is 5.85. The van der Waals surface area contributed by atoms with Crippen LogP contribution in [-0.2, 0) is 29.7 Å². The fraction of sp³-hybridized carbons (Fsp3) is 0.500. The van der Waals surface area contributed by atoms with Crippen molar-refractivity contribution < 1.29 is 9.59 Å². The molecule has 5 heteroatoms. The van der Waals surface area contributed by atoms with Crippen molar-refractivity contribution >= 4 is 11.8 Å². The molecule has 158 valence electrons. The highest BCUT2D eigenvalue weighted by Crippen LogP contribution is 2.14. The molecule has 0 aliphatic heterocycles. The Labute approximate surface area is 175 Å². The second-order valence-corrected chi connectivity index (χ2v) is 7.73. The first-order valence-electron chi connectivity index (χ1n) is 10.7. The van der Waals surface area contributed by atoms with Crippen molar-refractivity contribution in [2.45, 2.75) is 65.6 Å². The number of carbonyl (C=O) groups excluding carboxylic acids is 2. The molecule has 0 unspecified atom stereocenters. The number of hydrogen-bond donors (Lipinski definition) is 0. The minimum atomic E-state index is -0.0137. The zero-order valence-electron chi connectivity index (χ0n) is 18.3. The molecule has 0 spiro atoms. The molecule has 1 aromatic heterocycles. The largest absolute Gasteiger partial charge is 0.353 e. The number of carbonyl (C=O) groups is 2. The van der Waals surface area contributed by atoms with Crippen molar-refractivity contribution in [2.75, 3.05) is 6.54 Å². The zero-order chi connectivity index (χ0) is 21.2. The summed E-state index contributed by atoms with van der Waals surface area (Å²) in [6.07, 6.45) is 5.16. The van der Waals surface area contributed by atoms with Gasteiger partial charge < -0.3 is 14.4 Å². The Morgan fingerprint density at radius 3 is 2.31 bits per heavy atom.